The first-order valence-corrected chi connectivity index (χ1v) is 6.71. The van der Waals surface area contributed by atoms with Crippen molar-refractivity contribution in [1.29, 1.82) is 0 Å². The third kappa shape index (κ3) is 2.00. The number of aryl methyl sites for hydroxylation is 1. The molecule has 0 saturated heterocycles. The van der Waals surface area contributed by atoms with Gasteiger partial charge in [0.15, 0.2) is 0 Å². The number of furan rings is 1. The highest BCUT2D eigenvalue weighted by Gasteiger charge is 2.72. The fourth-order valence-corrected chi connectivity index (χ4v) is 2.85. The molecule has 0 unspecified atom stereocenters. The van der Waals surface area contributed by atoms with Gasteiger partial charge in [0.05, 0.1) is 22.0 Å². The minimum atomic E-state index is -4.89. The average Bonchev–Trinajstić information content (AvgIpc) is 2.73. The van der Waals surface area contributed by atoms with Gasteiger partial charge in [-0.15, -0.1) is 0 Å². The van der Waals surface area contributed by atoms with E-state index in [-0.39, 0.29) is 15.9 Å². The normalized spacial score (nSPS) is 22.3. The molecule has 2 rings (SSSR count). The second kappa shape index (κ2) is 4.97. The van der Waals surface area contributed by atoms with Gasteiger partial charge in [-0.3, -0.25) is 0 Å². The van der Waals surface area contributed by atoms with E-state index in [1.165, 1.54) is 41.8 Å². The second-order valence-corrected chi connectivity index (χ2v) is 5.11. The number of carbonyl (C=O) groups is 1. The van der Waals surface area contributed by atoms with Gasteiger partial charge in [0.2, 0.25) is 0 Å². The van der Waals surface area contributed by atoms with Crippen LogP contribution in [0.5, 0.6) is 0 Å². The molecule has 20 heavy (non-hydrogen) atoms. The van der Waals surface area contributed by atoms with Crippen LogP contribution >= 0.6 is 22.6 Å². The van der Waals surface area contributed by atoms with Crippen LogP contribution in [0.1, 0.15) is 18.2 Å². The molecular weight excluding hydrogens is 392 g/mol. The SMILES string of the molecule is CCOC(=O)[C@]1(C(F)(F)F)OC(c2ccoc2C)=C1I. The van der Waals surface area contributed by atoms with Crippen molar-refractivity contribution in [3.63, 3.8) is 0 Å². The maximum Gasteiger partial charge on any atom is 0.444 e. The van der Waals surface area contributed by atoms with Crippen molar-refractivity contribution in [2.45, 2.75) is 25.6 Å². The zero-order valence-electron chi connectivity index (χ0n) is 10.5. The van der Waals surface area contributed by atoms with Crippen LogP contribution in [0.3, 0.4) is 0 Å². The lowest BCUT2D eigenvalue weighted by atomic mass is 9.94. The topological polar surface area (TPSA) is 48.7 Å². The lowest BCUT2D eigenvalue weighted by Gasteiger charge is -2.41. The van der Waals surface area contributed by atoms with Gasteiger partial charge in [0, 0.05) is 0 Å². The van der Waals surface area contributed by atoms with Crippen molar-refractivity contribution in [3.8, 4) is 0 Å². The third-order valence-corrected chi connectivity index (χ3v) is 4.08. The van der Waals surface area contributed by atoms with E-state index in [2.05, 4.69) is 4.74 Å². The number of esters is 1. The molecule has 4 nitrogen and oxygen atoms in total. The number of carbonyl (C=O) groups excluding carboxylic acids is 1. The van der Waals surface area contributed by atoms with Crippen LogP contribution < -0.4 is 0 Å². The summed E-state index contributed by atoms with van der Waals surface area (Å²) in [5, 5.41) is 0. The predicted octanol–water partition coefficient (Wildman–Crippen LogP) is 3.59. The van der Waals surface area contributed by atoms with E-state index in [1.807, 2.05) is 0 Å². The van der Waals surface area contributed by atoms with Gasteiger partial charge in [-0.2, -0.15) is 13.2 Å². The molecule has 110 valence electrons. The van der Waals surface area contributed by atoms with Gasteiger partial charge in [-0.05, 0) is 42.5 Å². The number of alkyl halides is 3. The number of hydrogen-bond acceptors (Lipinski definition) is 4. The Morgan fingerprint density at radius 2 is 2.15 bits per heavy atom. The number of ether oxygens (including phenoxy) is 2. The minimum absolute atomic E-state index is 0.0118. The van der Waals surface area contributed by atoms with E-state index in [9.17, 15) is 18.0 Å². The molecule has 0 aromatic carbocycles. The maximum atomic E-state index is 13.2. The first-order chi connectivity index (χ1) is 9.25. The van der Waals surface area contributed by atoms with Crippen molar-refractivity contribution >= 4 is 34.3 Å². The molecular formula is C12H10F3IO4. The molecule has 2 heterocycles. The van der Waals surface area contributed by atoms with Crippen molar-refractivity contribution in [2.75, 3.05) is 6.61 Å². The summed E-state index contributed by atoms with van der Waals surface area (Å²) in [6.45, 7) is 2.86. The monoisotopic (exact) mass is 402 g/mol. The van der Waals surface area contributed by atoms with Crippen LogP contribution in [0, 0.1) is 6.92 Å². The molecule has 1 aliphatic rings. The molecule has 1 aromatic rings. The predicted molar refractivity (Wildman–Crippen MR) is 70.9 cm³/mol. The van der Waals surface area contributed by atoms with Crippen molar-refractivity contribution < 1.29 is 31.9 Å². The number of rotatable bonds is 3. The van der Waals surface area contributed by atoms with Gasteiger partial charge < -0.3 is 13.9 Å². The molecule has 0 aliphatic carbocycles. The lowest BCUT2D eigenvalue weighted by Crippen LogP contribution is -2.60. The Morgan fingerprint density at radius 1 is 1.50 bits per heavy atom. The second-order valence-electron chi connectivity index (χ2n) is 4.04. The Labute approximate surface area is 126 Å². The fourth-order valence-electron chi connectivity index (χ4n) is 1.81. The summed E-state index contributed by atoms with van der Waals surface area (Å²) in [6, 6.07) is 1.48. The van der Waals surface area contributed by atoms with Gasteiger partial charge in [-0.25, -0.2) is 4.79 Å². The first-order valence-electron chi connectivity index (χ1n) is 5.63. The molecule has 0 bridgehead atoms. The summed E-state index contributed by atoms with van der Waals surface area (Å²) in [6.07, 6.45) is -3.56. The Kier molecular flexibility index (Phi) is 3.78. The molecule has 0 spiro atoms. The molecule has 8 heteroatoms. The smallest absolute Gasteiger partial charge is 0.444 e. The molecule has 0 N–H and O–H groups in total. The summed E-state index contributed by atoms with van der Waals surface area (Å²) in [5.74, 6) is -1.06. The van der Waals surface area contributed by atoms with E-state index in [0.717, 1.165) is 0 Å². The van der Waals surface area contributed by atoms with E-state index in [1.54, 1.807) is 6.92 Å². The fraction of sp³-hybridized carbons (Fsp3) is 0.417. The zero-order chi connectivity index (χ0) is 15.1. The quantitative estimate of drug-likeness (QED) is 0.573. The van der Waals surface area contributed by atoms with Crippen LogP contribution in [0.25, 0.3) is 5.76 Å². The van der Waals surface area contributed by atoms with E-state index >= 15 is 0 Å². The summed E-state index contributed by atoms with van der Waals surface area (Å²) in [7, 11) is 0. The van der Waals surface area contributed by atoms with E-state index in [4.69, 9.17) is 9.15 Å². The standard InChI is InChI=1S/C12H10F3IO4/c1-3-18-10(17)11(12(13,14)15)9(16)8(20-11)7-4-5-19-6(7)2/h4-5H,3H2,1-2H3/t11-/m1/s1. The van der Waals surface area contributed by atoms with E-state index < -0.39 is 17.7 Å². The van der Waals surface area contributed by atoms with Crippen LogP contribution in [0.2, 0.25) is 0 Å². The van der Waals surface area contributed by atoms with Gasteiger partial charge in [0.1, 0.15) is 11.5 Å². The molecule has 1 aromatic heterocycles. The first kappa shape index (κ1) is 15.2. The van der Waals surface area contributed by atoms with Crippen LogP contribution in [0.15, 0.2) is 20.3 Å². The Bertz CT molecular complexity index is 576. The number of halogens is 4. The van der Waals surface area contributed by atoms with Crippen molar-refractivity contribution in [3.05, 3.63) is 27.2 Å². The summed E-state index contributed by atoms with van der Waals surface area (Å²) < 4.78 is 53.7. The molecule has 1 atom stereocenters. The number of hydrogen-bond donors (Lipinski definition) is 0. The van der Waals surface area contributed by atoms with Crippen LogP contribution in [0.4, 0.5) is 13.2 Å². The summed E-state index contributed by atoms with van der Waals surface area (Å²) in [5.41, 5.74) is -2.64. The van der Waals surface area contributed by atoms with Crippen LogP contribution in [-0.2, 0) is 14.3 Å². The van der Waals surface area contributed by atoms with E-state index in [0.29, 0.717) is 11.3 Å². The maximum absolute atomic E-state index is 13.2. The Balaban J connectivity index is 2.48. The zero-order valence-corrected chi connectivity index (χ0v) is 12.7. The van der Waals surface area contributed by atoms with Crippen molar-refractivity contribution in [1.82, 2.24) is 0 Å². The highest BCUT2D eigenvalue weighted by Crippen LogP contribution is 2.55. The van der Waals surface area contributed by atoms with Gasteiger partial charge >= 0.3 is 17.7 Å². The molecule has 1 aliphatic heterocycles. The highest BCUT2D eigenvalue weighted by molar-refractivity contribution is 14.1. The lowest BCUT2D eigenvalue weighted by molar-refractivity contribution is -0.254. The Hall–Kier alpha value is -1.19. The van der Waals surface area contributed by atoms with Crippen molar-refractivity contribution in [2.24, 2.45) is 0 Å². The summed E-state index contributed by atoms with van der Waals surface area (Å²) >= 11 is 1.46. The molecule has 0 radical (unpaired) electrons. The molecule has 0 saturated carbocycles. The third-order valence-electron chi connectivity index (χ3n) is 2.83. The largest absolute Gasteiger partial charge is 0.469 e. The summed E-state index contributed by atoms with van der Waals surface area (Å²) in [4.78, 5) is 11.7. The molecule has 0 fully saturated rings. The Morgan fingerprint density at radius 3 is 2.55 bits per heavy atom. The van der Waals surface area contributed by atoms with Gasteiger partial charge in [-0.1, -0.05) is 0 Å². The van der Waals surface area contributed by atoms with Gasteiger partial charge in [0.25, 0.3) is 0 Å². The average molecular weight is 402 g/mol. The van der Waals surface area contributed by atoms with Crippen LogP contribution in [-0.4, -0.2) is 24.4 Å². The minimum Gasteiger partial charge on any atom is -0.469 e. The molecule has 0 amide bonds. The highest BCUT2D eigenvalue weighted by atomic mass is 127.